The number of fused-ring (bicyclic) bond motifs is 3. The van der Waals surface area contributed by atoms with E-state index in [0.29, 0.717) is 16.3 Å². The van der Waals surface area contributed by atoms with Crippen molar-refractivity contribution < 1.29 is 27.8 Å². The van der Waals surface area contributed by atoms with Crippen LogP contribution in [0.25, 0.3) is 21.8 Å². The van der Waals surface area contributed by atoms with Crippen LogP contribution in [0.5, 0.6) is 0 Å². The van der Waals surface area contributed by atoms with E-state index < -0.39 is 18.9 Å². The minimum absolute atomic E-state index is 0.149. The van der Waals surface area contributed by atoms with Gasteiger partial charge in [0, 0.05) is 12.4 Å². The first-order valence-electron chi connectivity index (χ1n) is 6.65. The fraction of sp³-hybridized carbons (Fsp3) is 0.214. The van der Waals surface area contributed by atoms with Crippen LogP contribution in [0.1, 0.15) is 15.9 Å². The summed E-state index contributed by atoms with van der Waals surface area (Å²) in [5.74, 6) is -1.22. The average Bonchev–Trinajstić information content (AvgIpc) is 2.86. The lowest BCUT2D eigenvalue weighted by molar-refractivity contribution is -0.330. The number of ether oxygens (including phenoxy) is 1. The third-order valence-corrected chi connectivity index (χ3v) is 3.55. The Morgan fingerprint density at radius 1 is 1.38 bits per heavy atom. The molecule has 126 valence electrons. The number of carbonyl (C=O) groups is 1. The molecule has 0 radical (unpaired) electrons. The number of nitrogens with zero attached hydrogens (tertiary/aromatic N) is 3. The first-order valence-corrected chi connectivity index (χ1v) is 6.65. The van der Waals surface area contributed by atoms with Gasteiger partial charge < -0.3 is 10.8 Å². The highest BCUT2D eigenvalue weighted by Crippen LogP contribution is 2.30. The van der Waals surface area contributed by atoms with Gasteiger partial charge in [0.1, 0.15) is 5.82 Å². The van der Waals surface area contributed by atoms with E-state index >= 15 is 0 Å². The molecule has 0 aliphatic heterocycles. The van der Waals surface area contributed by atoms with E-state index in [2.05, 4.69) is 14.8 Å². The number of aromatic carboxylic acids is 1. The fourth-order valence-corrected chi connectivity index (χ4v) is 2.53. The van der Waals surface area contributed by atoms with Gasteiger partial charge in [-0.1, -0.05) is 0 Å². The van der Waals surface area contributed by atoms with Crippen LogP contribution in [0.4, 0.5) is 19.0 Å². The Morgan fingerprint density at radius 3 is 2.71 bits per heavy atom. The Hall–Kier alpha value is -2.88. The van der Waals surface area contributed by atoms with Crippen LogP contribution in [-0.2, 0) is 18.4 Å². The van der Waals surface area contributed by atoms with Crippen molar-refractivity contribution >= 4 is 33.6 Å². The molecule has 0 saturated heterocycles. The van der Waals surface area contributed by atoms with Crippen molar-refractivity contribution in [3.63, 3.8) is 0 Å². The van der Waals surface area contributed by atoms with Crippen molar-refractivity contribution in [2.75, 3.05) is 5.73 Å². The molecule has 2 heterocycles. The van der Waals surface area contributed by atoms with Crippen molar-refractivity contribution in [1.82, 2.24) is 14.8 Å². The summed E-state index contributed by atoms with van der Waals surface area (Å²) in [5.41, 5.74) is 6.18. The number of carboxylic acids is 1. The number of aryl methyl sites for hydroxylation is 1. The largest absolute Gasteiger partial charge is 0.522 e. The summed E-state index contributed by atoms with van der Waals surface area (Å²) < 4.78 is 42.0. The molecular weight excluding hydrogens is 329 g/mol. The highest BCUT2D eigenvalue weighted by Gasteiger charge is 2.30. The monoisotopic (exact) mass is 340 g/mol. The molecule has 0 aliphatic rings. The number of pyridine rings is 1. The van der Waals surface area contributed by atoms with E-state index in [1.807, 2.05) is 0 Å². The zero-order valence-electron chi connectivity index (χ0n) is 12.3. The molecule has 0 atom stereocenters. The van der Waals surface area contributed by atoms with Gasteiger partial charge in [0.2, 0.25) is 0 Å². The predicted octanol–water partition coefficient (Wildman–Crippen LogP) is 2.44. The summed E-state index contributed by atoms with van der Waals surface area (Å²) in [6, 6.07) is 2.48. The average molecular weight is 340 g/mol. The van der Waals surface area contributed by atoms with Crippen LogP contribution in [0.2, 0.25) is 0 Å². The zero-order chi connectivity index (χ0) is 17.6. The van der Waals surface area contributed by atoms with Crippen molar-refractivity contribution in [1.29, 1.82) is 0 Å². The van der Waals surface area contributed by atoms with Gasteiger partial charge in [-0.2, -0.15) is 5.10 Å². The minimum Gasteiger partial charge on any atom is -0.478 e. The van der Waals surface area contributed by atoms with E-state index in [1.165, 1.54) is 23.0 Å². The molecule has 24 heavy (non-hydrogen) atoms. The molecule has 3 rings (SSSR count). The maximum Gasteiger partial charge on any atom is 0.522 e. The van der Waals surface area contributed by atoms with Crippen molar-refractivity contribution in [2.45, 2.75) is 13.0 Å². The molecule has 3 aromatic rings. The maximum atomic E-state index is 12.3. The second-order valence-corrected chi connectivity index (χ2v) is 5.09. The topological polar surface area (TPSA) is 103 Å². The number of alkyl halides is 3. The molecule has 1 aromatic carbocycles. The SMILES string of the molecule is Cn1ncc2c(N)nc3cc(COC(F)(F)F)c(C(=O)O)cc3c21. The minimum atomic E-state index is -4.87. The highest BCUT2D eigenvalue weighted by atomic mass is 19.4. The van der Waals surface area contributed by atoms with E-state index in [9.17, 15) is 23.1 Å². The molecule has 0 spiro atoms. The number of nitrogens with two attached hydrogens (primary N) is 1. The Balaban J connectivity index is 2.26. The standard InChI is InChI=1S/C14H11F3N4O3/c1-21-11-8-3-7(13(22)23)6(5-24-14(15,16)17)2-10(8)20-12(18)9(11)4-19-21/h2-4H,5H2,1H3,(H2,18,20)(H,22,23). The lowest BCUT2D eigenvalue weighted by Gasteiger charge is -2.12. The smallest absolute Gasteiger partial charge is 0.478 e. The summed E-state index contributed by atoms with van der Waals surface area (Å²) in [5, 5.41) is 14.3. The number of halogens is 3. The lowest BCUT2D eigenvalue weighted by atomic mass is 10.0. The number of rotatable bonds is 3. The second-order valence-electron chi connectivity index (χ2n) is 5.09. The number of hydrogen-bond donors (Lipinski definition) is 2. The highest BCUT2D eigenvalue weighted by molar-refractivity contribution is 6.09. The number of carboxylic acid groups (broad SMARTS) is 1. The van der Waals surface area contributed by atoms with Gasteiger partial charge in [-0.3, -0.25) is 9.42 Å². The summed E-state index contributed by atoms with van der Waals surface area (Å²) in [6.45, 7) is -0.938. The van der Waals surface area contributed by atoms with Crippen LogP contribution < -0.4 is 5.73 Å². The van der Waals surface area contributed by atoms with E-state index in [-0.39, 0.29) is 22.5 Å². The van der Waals surface area contributed by atoms with Crippen LogP contribution in [0.3, 0.4) is 0 Å². The third-order valence-electron chi connectivity index (χ3n) is 3.55. The Morgan fingerprint density at radius 2 is 2.08 bits per heavy atom. The van der Waals surface area contributed by atoms with Crippen molar-refractivity contribution in [2.24, 2.45) is 7.05 Å². The summed E-state index contributed by atoms with van der Waals surface area (Å²) in [6.07, 6.45) is -3.39. The summed E-state index contributed by atoms with van der Waals surface area (Å²) in [4.78, 5) is 15.5. The molecule has 0 fully saturated rings. The first kappa shape index (κ1) is 16.0. The number of nitrogen functional groups attached to an aromatic ring is 1. The van der Waals surface area contributed by atoms with Crippen LogP contribution >= 0.6 is 0 Å². The molecule has 3 N–H and O–H groups in total. The molecule has 0 saturated carbocycles. The Kier molecular flexibility index (Phi) is 3.56. The van der Waals surface area contributed by atoms with E-state index in [0.717, 1.165) is 0 Å². The fourth-order valence-electron chi connectivity index (χ4n) is 2.53. The molecule has 0 unspecified atom stereocenters. The molecule has 0 bridgehead atoms. The van der Waals surface area contributed by atoms with Gasteiger partial charge in [0.25, 0.3) is 0 Å². The van der Waals surface area contributed by atoms with Crippen molar-refractivity contribution in [3.05, 3.63) is 29.5 Å². The molecule has 10 heteroatoms. The number of hydrogen-bond acceptors (Lipinski definition) is 5. The van der Waals surface area contributed by atoms with Crippen LogP contribution in [-0.4, -0.2) is 32.2 Å². The van der Waals surface area contributed by atoms with Gasteiger partial charge in [-0.15, -0.1) is 13.2 Å². The number of aromatic nitrogens is 3. The van der Waals surface area contributed by atoms with Gasteiger partial charge in [-0.05, 0) is 17.7 Å². The quantitative estimate of drug-likeness (QED) is 0.759. The Bertz CT molecular complexity index is 965. The Labute approximate surface area is 132 Å². The van der Waals surface area contributed by atoms with Crippen LogP contribution in [0.15, 0.2) is 18.3 Å². The number of anilines is 1. The van der Waals surface area contributed by atoms with Gasteiger partial charge in [-0.25, -0.2) is 9.78 Å². The van der Waals surface area contributed by atoms with Gasteiger partial charge in [0.05, 0.1) is 34.8 Å². The first-order chi connectivity index (χ1) is 11.2. The normalized spacial score (nSPS) is 12.2. The lowest BCUT2D eigenvalue weighted by Crippen LogP contribution is -2.15. The summed E-state index contributed by atoms with van der Waals surface area (Å²) in [7, 11) is 1.64. The van der Waals surface area contributed by atoms with Crippen molar-refractivity contribution in [3.8, 4) is 0 Å². The number of benzene rings is 1. The van der Waals surface area contributed by atoms with E-state index in [4.69, 9.17) is 5.73 Å². The van der Waals surface area contributed by atoms with Crippen LogP contribution in [0, 0.1) is 0 Å². The summed E-state index contributed by atoms with van der Waals surface area (Å²) >= 11 is 0. The predicted molar refractivity (Wildman–Crippen MR) is 78.2 cm³/mol. The van der Waals surface area contributed by atoms with Gasteiger partial charge >= 0.3 is 12.3 Å². The molecule has 2 aromatic heterocycles. The molecule has 7 nitrogen and oxygen atoms in total. The van der Waals surface area contributed by atoms with Gasteiger partial charge in [0.15, 0.2) is 0 Å². The molecular formula is C14H11F3N4O3. The zero-order valence-corrected chi connectivity index (χ0v) is 12.3. The van der Waals surface area contributed by atoms with E-state index in [1.54, 1.807) is 7.05 Å². The maximum absolute atomic E-state index is 12.3. The third kappa shape index (κ3) is 2.71. The second kappa shape index (κ2) is 5.34. The molecule has 0 amide bonds. The molecule has 0 aliphatic carbocycles.